The van der Waals surface area contributed by atoms with Crippen LogP contribution >= 0.6 is 0 Å². The molecule has 9 nitrogen and oxygen atoms in total. The number of carbonyl (C=O) groups is 5. The van der Waals surface area contributed by atoms with E-state index in [0.29, 0.717) is 13.0 Å². The second-order valence-electron chi connectivity index (χ2n) is 7.93. The molecular weight excluding hydrogens is 412 g/mol. The first kappa shape index (κ1) is 31.6. The molecule has 0 bridgehead atoms. The zero-order valence-electron chi connectivity index (χ0n) is 20.8. The quantitative estimate of drug-likeness (QED) is 0.278. The monoisotopic (exact) mass is 454 g/mol. The number of imide groups is 1. The van der Waals surface area contributed by atoms with E-state index >= 15 is 0 Å². The highest BCUT2D eigenvalue weighted by Crippen LogP contribution is 2.07. The van der Waals surface area contributed by atoms with Gasteiger partial charge in [0.2, 0.25) is 11.8 Å². The Labute approximate surface area is 193 Å². The molecule has 0 aliphatic carbocycles. The van der Waals surface area contributed by atoms with Gasteiger partial charge in [0.05, 0.1) is 12.6 Å². The summed E-state index contributed by atoms with van der Waals surface area (Å²) in [5.41, 5.74) is 0. The maximum atomic E-state index is 11.7. The summed E-state index contributed by atoms with van der Waals surface area (Å²) in [5.74, 6) is -0.552. The Hall–Kier alpha value is -2.55. The molecule has 2 N–H and O–H groups in total. The Kier molecular flexibility index (Phi) is 18.9. The first-order valence-corrected chi connectivity index (χ1v) is 11.2. The van der Waals surface area contributed by atoms with Gasteiger partial charge in [-0.05, 0) is 32.9 Å². The van der Waals surface area contributed by atoms with Crippen molar-refractivity contribution in [3.63, 3.8) is 0 Å². The van der Waals surface area contributed by atoms with Gasteiger partial charge in [0.1, 0.15) is 6.29 Å². The van der Waals surface area contributed by atoms with Gasteiger partial charge in [-0.15, -0.1) is 0 Å². The van der Waals surface area contributed by atoms with Gasteiger partial charge in [-0.1, -0.05) is 40.5 Å². The fourth-order valence-electron chi connectivity index (χ4n) is 2.82. The highest BCUT2D eigenvalue weighted by molar-refractivity contribution is 6.12. The lowest BCUT2D eigenvalue weighted by atomic mass is 10.0. The van der Waals surface area contributed by atoms with E-state index in [1.807, 2.05) is 32.8 Å². The van der Waals surface area contributed by atoms with Crippen molar-refractivity contribution < 1.29 is 24.0 Å². The topological polar surface area (TPSA) is 116 Å². The maximum absolute atomic E-state index is 11.7. The number of aldehydes is 1. The molecule has 0 fully saturated rings. The first-order valence-electron chi connectivity index (χ1n) is 11.2. The zero-order valence-corrected chi connectivity index (χ0v) is 20.8. The van der Waals surface area contributed by atoms with E-state index in [4.69, 9.17) is 0 Å². The van der Waals surface area contributed by atoms with Crippen molar-refractivity contribution in [1.29, 1.82) is 0 Å². The van der Waals surface area contributed by atoms with E-state index in [9.17, 15) is 24.0 Å². The summed E-state index contributed by atoms with van der Waals surface area (Å²) in [5, 5.41) is 5.05. The Bertz CT molecular complexity index is 592. The number of nitrogens with zero attached hydrogens (tertiary/aromatic N) is 2. The smallest absolute Gasteiger partial charge is 0.253 e. The van der Waals surface area contributed by atoms with Gasteiger partial charge >= 0.3 is 0 Å². The molecule has 1 atom stereocenters. The van der Waals surface area contributed by atoms with Crippen LogP contribution in [0.3, 0.4) is 0 Å². The van der Waals surface area contributed by atoms with Crippen LogP contribution in [0.5, 0.6) is 0 Å². The fraction of sp³-hybridized carbons (Fsp3) is 0.696. The van der Waals surface area contributed by atoms with Crippen LogP contribution < -0.4 is 10.6 Å². The molecule has 32 heavy (non-hydrogen) atoms. The molecule has 9 heteroatoms. The van der Waals surface area contributed by atoms with Crippen LogP contribution in [0.2, 0.25) is 0 Å². The van der Waals surface area contributed by atoms with E-state index in [-0.39, 0.29) is 42.1 Å². The molecular formula is C23H42N4O5. The molecule has 0 saturated heterocycles. The van der Waals surface area contributed by atoms with Gasteiger partial charge in [-0.3, -0.25) is 29.0 Å². The average Bonchev–Trinajstić information content (AvgIpc) is 3.04. The molecule has 4 amide bonds. The lowest BCUT2D eigenvalue weighted by molar-refractivity contribution is -0.137. The summed E-state index contributed by atoms with van der Waals surface area (Å²) in [6.45, 7) is 8.70. The number of hydrogen-bond donors (Lipinski definition) is 2. The Morgan fingerprint density at radius 2 is 1.59 bits per heavy atom. The van der Waals surface area contributed by atoms with E-state index in [1.54, 1.807) is 7.05 Å². The van der Waals surface area contributed by atoms with Crippen LogP contribution in [-0.2, 0) is 24.0 Å². The molecule has 0 saturated carbocycles. The minimum atomic E-state index is -0.231. The molecule has 1 aliphatic rings. The second kappa shape index (κ2) is 19.2. The molecule has 0 radical (unpaired) electrons. The van der Waals surface area contributed by atoms with Crippen molar-refractivity contribution in [3.8, 4) is 0 Å². The van der Waals surface area contributed by atoms with Gasteiger partial charge in [0.15, 0.2) is 0 Å². The molecule has 0 aromatic heterocycles. The van der Waals surface area contributed by atoms with Crippen molar-refractivity contribution in [2.75, 3.05) is 34.2 Å². The van der Waals surface area contributed by atoms with Crippen LogP contribution in [-0.4, -0.2) is 80.0 Å². The Morgan fingerprint density at radius 3 is 2.00 bits per heavy atom. The molecule has 1 rings (SSSR count). The molecule has 1 heterocycles. The van der Waals surface area contributed by atoms with E-state index in [2.05, 4.69) is 24.5 Å². The summed E-state index contributed by atoms with van der Waals surface area (Å²) in [4.78, 5) is 57.9. The molecule has 0 aromatic rings. The number of amides is 4. The number of nitrogens with one attached hydrogen (secondary N) is 2. The fourth-order valence-corrected chi connectivity index (χ4v) is 2.82. The third-order valence-electron chi connectivity index (χ3n) is 4.26. The van der Waals surface area contributed by atoms with Gasteiger partial charge in [-0.25, -0.2) is 0 Å². The van der Waals surface area contributed by atoms with Gasteiger partial charge in [0.25, 0.3) is 11.8 Å². The SMILES string of the molecule is CCC.CNC(=O)CNC(=O)C(C(C)C)N(C)C.O=CCCCCCN1C(=O)C=CC1=O. The highest BCUT2D eigenvalue weighted by atomic mass is 16.2. The predicted molar refractivity (Wildman–Crippen MR) is 126 cm³/mol. The summed E-state index contributed by atoms with van der Waals surface area (Å²) in [7, 11) is 5.24. The molecule has 1 unspecified atom stereocenters. The van der Waals surface area contributed by atoms with Crippen molar-refractivity contribution in [2.24, 2.45) is 5.92 Å². The molecule has 1 aliphatic heterocycles. The van der Waals surface area contributed by atoms with Crippen LogP contribution in [0, 0.1) is 5.92 Å². The minimum Gasteiger partial charge on any atom is -0.358 e. The van der Waals surface area contributed by atoms with Gasteiger partial charge in [-0.2, -0.15) is 0 Å². The van der Waals surface area contributed by atoms with Crippen LogP contribution in [0.25, 0.3) is 0 Å². The van der Waals surface area contributed by atoms with E-state index in [0.717, 1.165) is 25.5 Å². The van der Waals surface area contributed by atoms with Crippen molar-refractivity contribution in [2.45, 2.75) is 65.8 Å². The van der Waals surface area contributed by atoms with Crippen LogP contribution in [0.1, 0.15) is 59.8 Å². The zero-order chi connectivity index (χ0) is 25.1. The lowest BCUT2D eigenvalue weighted by Crippen LogP contribution is -2.48. The Morgan fingerprint density at radius 1 is 1.06 bits per heavy atom. The van der Waals surface area contributed by atoms with E-state index < -0.39 is 0 Å². The first-order chi connectivity index (χ1) is 15.1. The largest absolute Gasteiger partial charge is 0.358 e. The van der Waals surface area contributed by atoms with Crippen LogP contribution in [0.15, 0.2) is 12.2 Å². The number of unbranched alkanes of at least 4 members (excludes halogenated alkanes) is 3. The maximum Gasteiger partial charge on any atom is 0.253 e. The number of likely N-dealkylation sites (N-methyl/N-ethyl adjacent to an activating group) is 2. The third kappa shape index (κ3) is 14.5. The number of carbonyl (C=O) groups excluding carboxylic acids is 5. The highest BCUT2D eigenvalue weighted by Gasteiger charge is 2.24. The van der Waals surface area contributed by atoms with Gasteiger partial charge in [0, 0.05) is 32.2 Å². The summed E-state index contributed by atoms with van der Waals surface area (Å²) in [6.07, 6.45) is 7.73. The molecule has 0 aromatic carbocycles. The molecule has 0 spiro atoms. The lowest BCUT2D eigenvalue weighted by Gasteiger charge is -2.26. The van der Waals surface area contributed by atoms with Crippen molar-refractivity contribution >= 4 is 29.9 Å². The molecule has 184 valence electrons. The third-order valence-corrected chi connectivity index (χ3v) is 4.26. The Balaban J connectivity index is 0. The standard InChI is InChI=1S/C10H21N3O2.C10H13NO3.C3H8/c1-7(2)9(13(4)5)10(15)12-6-8(14)11-3;12-8-4-2-1-3-7-11-9(13)5-6-10(11)14;1-3-2/h7,9H,6H2,1-5H3,(H,11,14)(H,12,15);5-6,8H,1-4,7H2;3H2,1-2H3. The summed E-state index contributed by atoms with van der Waals surface area (Å²) < 4.78 is 0. The predicted octanol–water partition coefficient (Wildman–Crippen LogP) is 1.52. The normalized spacial score (nSPS) is 13.2. The second-order valence-corrected chi connectivity index (χ2v) is 7.93. The number of hydrogen-bond acceptors (Lipinski definition) is 6. The average molecular weight is 455 g/mol. The van der Waals surface area contributed by atoms with Crippen molar-refractivity contribution in [3.05, 3.63) is 12.2 Å². The summed E-state index contributed by atoms with van der Waals surface area (Å²) >= 11 is 0. The van der Waals surface area contributed by atoms with Gasteiger partial charge < -0.3 is 15.4 Å². The minimum absolute atomic E-state index is 0.0341. The van der Waals surface area contributed by atoms with Crippen LogP contribution in [0.4, 0.5) is 0 Å². The summed E-state index contributed by atoms with van der Waals surface area (Å²) in [6, 6.07) is -0.199. The van der Waals surface area contributed by atoms with Crippen molar-refractivity contribution in [1.82, 2.24) is 20.4 Å². The van der Waals surface area contributed by atoms with E-state index in [1.165, 1.54) is 23.5 Å². The number of rotatable bonds is 11.